The molecule has 1 saturated heterocycles. The topological polar surface area (TPSA) is 25.4 Å². The summed E-state index contributed by atoms with van der Waals surface area (Å²) in [6.07, 6.45) is 3.41. The van der Waals surface area contributed by atoms with Gasteiger partial charge in [-0.3, -0.25) is 4.90 Å². The summed E-state index contributed by atoms with van der Waals surface area (Å²) in [5.41, 5.74) is 2.37. The number of para-hydroxylation sites is 1. The summed E-state index contributed by atoms with van der Waals surface area (Å²) in [5.74, 6) is 0.967. The van der Waals surface area contributed by atoms with Crippen molar-refractivity contribution in [3.8, 4) is 5.75 Å². The summed E-state index contributed by atoms with van der Waals surface area (Å²) in [6.45, 7) is 1.94. The van der Waals surface area contributed by atoms with Crippen LogP contribution in [0.5, 0.6) is 5.75 Å². The third-order valence-corrected chi connectivity index (χ3v) is 4.74. The molecule has 0 radical (unpaired) electrons. The molecule has 0 aliphatic carbocycles. The lowest BCUT2D eigenvalue weighted by Crippen LogP contribution is -2.30. The van der Waals surface area contributed by atoms with Crippen LogP contribution in [0.4, 0.5) is 0 Å². The first-order valence-electron chi connectivity index (χ1n) is 7.83. The Bertz CT molecular complexity index is 658. The molecule has 1 atom stereocenters. The first-order chi connectivity index (χ1) is 11.2. The summed E-state index contributed by atoms with van der Waals surface area (Å²) in [5, 5.41) is 0.904. The van der Waals surface area contributed by atoms with E-state index in [0.717, 1.165) is 30.8 Å². The zero-order valence-electron chi connectivity index (χ0n) is 13.1. The zero-order valence-corrected chi connectivity index (χ0v) is 14.6. The number of hydrogen-bond acceptors (Lipinski definition) is 3. The van der Waals surface area contributed by atoms with E-state index in [9.17, 15) is 0 Å². The van der Waals surface area contributed by atoms with Crippen molar-refractivity contribution in [1.82, 2.24) is 9.88 Å². The fourth-order valence-electron chi connectivity index (χ4n) is 3.30. The lowest BCUT2D eigenvalue weighted by atomic mass is 10.0. The molecule has 122 valence electrons. The molecule has 0 spiro atoms. The molecule has 2 aromatic rings. The van der Waals surface area contributed by atoms with Gasteiger partial charge in [-0.15, -0.1) is 0 Å². The molecule has 3 nitrogen and oxygen atoms in total. The standard InChI is InChI=1S/C18H20Cl2N2O/c1-23-16-7-3-2-5-14(16)11-15-6-4-8-22(15)12-13-9-17(19)21-18(20)10-13/h2-3,5,7,9-10,15H,4,6,8,11-12H2,1H3/t15-/m0/s1. The van der Waals surface area contributed by atoms with E-state index < -0.39 is 0 Å². The Labute approximate surface area is 147 Å². The highest BCUT2D eigenvalue weighted by molar-refractivity contribution is 6.32. The van der Waals surface area contributed by atoms with Crippen molar-refractivity contribution < 1.29 is 4.74 Å². The smallest absolute Gasteiger partial charge is 0.131 e. The maximum atomic E-state index is 6.01. The van der Waals surface area contributed by atoms with Gasteiger partial charge in [-0.25, -0.2) is 4.98 Å². The zero-order chi connectivity index (χ0) is 16.2. The van der Waals surface area contributed by atoms with Crippen LogP contribution < -0.4 is 4.74 Å². The number of benzene rings is 1. The fraction of sp³-hybridized carbons (Fsp3) is 0.389. The number of rotatable bonds is 5. The van der Waals surface area contributed by atoms with E-state index >= 15 is 0 Å². The van der Waals surface area contributed by atoms with E-state index in [1.165, 1.54) is 18.4 Å². The predicted octanol–water partition coefficient (Wildman–Crippen LogP) is 4.60. The van der Waals surface area contributed by atoms with Gasteiger partial charge in [-0.1, -0.05) is 41.4 Å². The maximum absolute atomic E-state index is 6.01. The van der Waals surface area contributed by atoms with Gasteiger partial charge >= 0.3 is 0 Å². The minimum absolute atomic E-state index is 0.452. The average molecular weight is 351 g/mol. The van der Waals surface area contributed by atoms with Crippen molar-refractivity contribution in [3.05, 3.63) is 57.8 Å². The van der Waals surface area contributed by atoms with Crippen molar-refractivity contribution in [3.63, 3.8) is 0 Å². The predicted molar refractivity (Wildman–Crippen MR) is 94.4 cm³/mol. The highest BCUT2D eigenvalue weighted by atomic mass is 35.5. The second-order valence-corrected chi connectivity index (χ2v) is 6.68. The average Bonchev–Trinajstić information content (AvgIpc) is 2.94. The molecule has 5 heteroatoms. The minimum atomic E-state index is 0.452. The van der Waals surface area contributed by atoms with E-state index in [2.05, 4.69) is 22.0 Å². The largest absolute Gasteiger partial charge is 0.496 e. The first-order valence-corrected chi connectivity index (χ1v) is 8.59. The molecule has 0 N–H and O–H groups in total. The van der Waals surface area contributed by atoms with Crippen molar-refractivity contribution in [2.75, 3.05) is 13.7 Å². The van der Waals surface area contributed by atoms with Crippen molar-refractivity contribution >= 4 is 23.2 Å². The number of nitrogens with zero attached hydrogens (tertiary/aromatic N) is 2. The molecule has 1 aliphatic rings. The van der Waals surface area contributed by atoms with Crippen LogP contribution in [0.15, 0.2) is 36.4 Å². The van der Waals surface area contributed by atoms with Crippen LogP contribution >= 0.6 is 23.2 Å². The highest BCUT2D eigenvalue weighted by Crippen LogP contribution is 2.28. The van der Waals surface area contributed by atoms with Crippen LogP contribution in [0.1, 0.15) is 24.0 Å². The van der Waals surface area contributed by atoms with Gasteiger partial charge in [-0.2, -0.15) is 0 Å². The Morgan fingerprint density at radius 2 is 1.96 bits per heavy atom. The van der Waals surface area contributed by atoms with Crippen molar-refractivity contribution in [2.45, 2.75) is 31.8 Å². The van der Waals surface area contributed by atoms with Crippen LogP contribution in [-0.4, -0.2) is 29.6 Å². The van der Waals surface area contributed by atoms with Crippen LogP contribution in [0, 0.1) is 0 Å². The summed E-state index contributed by atoms with van der Waals surface area (Å²) < 4.78 is 5.48. The molecular formula is C18H20Cl2N2O. The third-order valence-electron chi connectivity index (χ3n) is 4.36. The number of pyridine rings is 1. The van der Waals surface area contributed by atoms with Gasteiger partial charge in [0, 0.05) is 12.6 Å². The molecule has 0 amide bonds. The quantitative estimate of drug-likeness (QED) is 0.736. The van der Waals surface area contributed by atoms with Gasteiger partial charge < -0.3 is 4.74 Å². The summed E-state index contributed by atoms with van der Waals surface area (Å²) >= 11 is 12.0. The summed E-state index contributed by atoms with van der Waals surface area (Å²) in [6, 6.07) is 12.6. The maximum Gasteiger partial charge on any atom is 0.131 e. The first kappa shape index (κ1) is 16.6. The van der Waals surface area contributed by atoms with Crippen LogP contribution in [0.2, 0.25) is 10.3 Å². The van der Waals surface area contributed by atoms with Gasteiger partial charge in [0.15, 0.2) is 0 Å². The Morgan fingerprint density at radius 3 is 2.70 bits per heavy atom. The van der Waals surface area contributed by atoms with E-state index in [4.69, 9.17) is 27.9 Å². The molecule has 1 aromatic carbocycles. The molecule has 23 heavy (non-hydrogen) atoms. The van der Waals surface area contributed by atoms with Crippen molar-refractivity contribution in [2.24, 2.45) is 0 Å². The second-order valence-electron chi connectivity index (χ2n) is 5.90. The van der Waals surface area contributed by atoms with E-state index in [1.807, 2.05) is 24.3 Å². The Morgan fingerprint density at radius 1 is 1.22 bits per heavy atom. The van der Waals surface area contributed by atoms with E-state index in [-0.39, 0.29) is 0 Å². The Balaban J connectivity index is 1.72. The van der Waals surface area contributed by atoms with E-state index in [0.29, 0.717) is 16.3 Å². The van der Waals surface area contributed by atoms with Gasteiger partial charge in [0.1, 0.15) is 16.1 Å². The molecule has 1 aliphatic heterocycles. The Kier molecular flexibility index (Phi) is 5.42. The van der Waals surface area contributed by atoms with E-state index in [1.54, 1.807) is 7.11 Å². The number of ether oxygens (including phenoxy) is 1. The fourth-order valence-corrected chi connectivity index (χ4v) is 3.81. The van der Waals surface area contributed by atoms with Crippen LogP contribution in [0.25, 0.3) is 0 Å². The minimum Gasteiger partial charge on any atom is -0.496 e. The molecule has 3 rings (SSSR count). The number of halogens is 2. The third kappa shape index (κ3) is 4.17. The van der Waals surface area contributed by atoms with Gasteiger partial charge in [0.25, 0.3) is 0 Å². The Hall–Kier alpha value is -1.29. The van der Waals surface area contributed by atoms with Gasteiger partial charge in [0.2, 0.25) is 0 Å². The normalized spacial score (nSPS) is 18.3. The van der Waals surface area contributed by atoms with Gasteiger partial charge in [0.05, 0.1) is 7.11 Å². The molecule has 2 heterocycles. The second kappa shape index (κ2) is 7.52. The highest BCUT2D eigenvalue weighted by Gasteiger charge is 2.25. The summed E-state index contributed by atoms with van der Waals surface area (Å²) in [7, 11) is 1.73. The number of hydrogen-bond donors (Lipinski definition) is 0. The van der Waals surface area contributed by atoms with Crippen LogP contribution in [-0.2, 0) is 13.0 Å². The van der Waals surface area contributed by atoms with Crippen LogP contribution in [0.3, 0.4) is 0 Å². The monoisotopic (exact) mass is 350 g/mol. The molecular weight excluding hydrogens is 331 g/mol. The molecule has 0 saturated carbocycles. The molecule has 0 bridgehead atoms. The van der Waals surface area contributed by atoms with Crippen molar-refractivity contribution in [1.29, 1.82) is 0 Å². The molecule has 1 aromatic heterocycles. The lowest BCUT2D eigenvalue weighted by molar-refractivity contribution is 0.242. The molecule has 0 unspecified atom stereocenters. The summed E-state index contributed by atoms with van der Waals surface area (Å²) in [4.78, 5) is 6.51. The SMILES string of the molecule is COc1ccccc1C[C@@H]1CCCN1Cc1cc(Cl)nc(Cl)c1. The number of aromatic nitrogens is 1. The number of methoxy groups -OCH3 is 1. The van der Waals surface area contributed by atoms with Gasteiger partial charge in [-0.05, 0) is 55.1 Å². The molecule has 1 fully saturated rings. The number of likely N-dealkylation sites (tertiary alicyclic amines) is 1. The lowest BCUT2D eigenvalue weighted by Gasteiger charge is -2.25.